The van der Waals surface area contributed by atoms with E-state index in [1.807, 2.05) is 0 Å². The number of nitrogens with zero attached hydrogens (tertiary/aromatic N) is 2. The van der Waals surface area contributed by atoms with E-state index < -0.39 is 0 Å². The number of benzene rings is 1. The zero-order valence-corrected chi connectivity index (χ0v) is 10.4. The predicted molar refractivity (Wildman–Crippen MR) is 74.6 cm³/mol. The Hall–Kier alpha value is -2.82. The number of halogens is 1. The quantitative estimate of drug-likeness (QED) is 0.742. The molecular formula is C15H10FN3O. The third-order valence-electron chi connectivity index (χ3n) is 3.00. The van der Waals surface area contributed by atoms with Gasteiger partial charge in [-0.2, -0.15) is 0 Å². The van der Waals surface area contributed by atoms with Crippen LogP contribution < -0.4 is 5.32 Å². The molecule has 0 aliphatic carbocycles. The van der Waals surface area contributed by atoms with E-state index in [1.165, 1.54) is 12.3 Å². The number of anilines is 1. The number of aromatic nitrogens is 2. The van der Waals surface area contributed by atoms with Crippen molar-refractivity contribution in [1.82, 2.24) is 9.97 Å². The Labute approximate surface area is 114 Å². The summed E-state index contributed by atoms with van der Waals surface area (Å²) < 4.78 is 13.9. The van der Waals surface area contributed by atoms with Crippen LogP contribution in [-0.4, -0.2) is 16.4 Å². The van der Waals surface area contributed by atoms with E-state index in [-0.39, 0.29) is 5.82 Å². The zero-order valence-electron chi connectivity index (χ0n) is 10.4. The molecule has 0 bridgehead atoms. The molecule has 0 fully saturated rings. The summed E-state index contributed by atoms with van der Waals surface area (Å²) in [6.45, 7) is 0. The van der Waals surface area contributed by atoms with Gasteiger partial charge >= 0.3 is 0 Å². The molecule has 20 heavy (non-hydrogen) atoms. The van der Waals surface area contributed by atoms with Gasteiger partial charge in [0.2, 0.25) is 6.41 Å². The number of amides is 1. The van der Waals surface area contributed by atoms with Gasteiger partial charge < -0.3 is 5.32 Å². The molecule has 3 rings (SSSR count). The molecule has 98 valence electrons. The van der Waals surface area contributed by atoms with Crippen molar-refractivity contribution < 1.29 is 9.18 Å². The lowest BCUT2D eigenvalue weighted by atomic mass is 10.0. The van der Waals surface area contributed by atoms with Gasteiger partial charge in [-0.3, -0.25) is 14.8 Å². The molecule has 2 aromatic heterocycles. The first kappa shape index (κ1) is 12.2. The van der Waals surface area contributed by atoms with Crippen LogP contribution in [0.5, 0.6) is 0 Å². The van der Waals surface area contributed by atoms with Crippen molar-refractivity contribution in [2.45, 2.75) is 0 Å². The average molecular weight is 267 g/mol. The van der Waals surface area contributed by atoms with Crippen LogP contribution in [-0.2, 0) is 4.79 Å². The minimum absolute atomic E-state index is 0.324. The Balaban J connectivity index is 2.27. The number of carbonyl (C=O) groups is 1. The maximum Gasteiger partial charge on any atom is 0.211 e. The lowest BCUT2D eigenvalue weighted by molar-refractivity contribution is -0.105. The average Bonchev–Trinajstić information content (AvgIpc) is 2.48. The summed E-state index contributed by atoms with van der Waals surface area (Å²) in [4.78, 5) is 18.8. The van der Waals surface area contributed by atoms with E-state index in [4.69, 9.17) is 0 Å². The van der Waals surface area contributed by atoms with Crippen LogP contribution in [0.1, 0.15) is 0 Å². The maximum atomic E-state index is 13.9. The fraction of sp³-hybridized carbons (Fsp3) is 0. The third-order valence-corrected chi connectivity index (χ3v) is 3.00. The lowest BCUT2D eigenvalue weighted by Crippen LogP contribution is -1.96. The Kier molecular flexibility index (Phi) is 3.09. The van der Waals surface area contributed by atoms with Crippen molar-refractivity contribution in [3.8, 4) is 11.1 Å². The van der Waals surface area contributed by atoms with Gasteiger partial charge in [-0.15, -0.1) is 0 Å². The van der Waals surface area contributed by atoms with Crippen LogP contribution in [0, 0.1) is 5.82 Å². The Morgan fingerprint density at radius 1 is 1.10 bits per heavy atom. The molecule has 0 saturated carbocycles. The number of pyridine rings is 2. The molecule has 0 aliphatic rings. The van der Waals surface area contributed by atoms with E-state index in [0.717, 1.165) is 5.39 Å². The van der Waals surface area contributed by atoms with Gasteiger partial charge in [-0.25, -0.2) is 4.39 Å². The highest BCUT2D eigenvalue weighted by atomic mass is 19.1. The second-order valence-corrected chi connectivity index (χ2v) is 4.22. The highest BCUT2D eigenvalue weighted by molar-refractivity contribution is 5.96. The van der Waals surface area contributed by atoms with E-state index >= 15 is 0 Å². The largest absolute Gasteiger partial charge is 0.327 e. The molecule has 1 amide bonds. The Morgan fingerprint density at radius 3 is 2.75 bits per heavy atom. The number of hydrogen-bond donors (Lipinski definition) is 1. The van der Waals surface area contributed by atoms with Gasteiger partial charge in [0.1, 0.15) is 5.82 Å². The summed E-state index contributed by atoms with van der Waals surface area (Å²) in [5.41, 5.74) is 2.29. The minimum Gasteiger partial charge on any atom is -0.327 e. The monoisotopic (exact) mass is 267 g/mol. The van der Waals surface area contributed by atoms with Crippen LogP contribution in [0.4, 0.5) is 10.1 Å². The van der Waals surface area contributed by atoms with E-state index in [2.05, 4.69) is 15.3 Å². The van der Waals surface area contributed by atoms with Crippen LogP contribution in [0.3, 0.4) is 0 Å². The van der Waals surface area contributed by atoms with Gasteiger partial charge in [0.25, 0.3) is 0 Å². The number of nitrogens with one attached hydrogen (secondary N) is 1. The maximum absolute atomic E-state index is 13.9. The standard InChI is InChI=1S/C15H10FN3O/c16-14-4-2-1-3-11(14)13-7-17-8-15-12(13)5-10(6-18-15)19-9-20/h1-9H,(H,19,20). The molecular weight excluding hydrogens is 257 g/mol. The first-order valence-corrected chi connectivity index (χ1v) is 5.98. The highest BCUT2D eigenvalue weighted by Crippen LogP contribution is 2.29. The molecule has 0 saturated heterocycles. The zero-order chi connectivity index (χ0) is 13.9. The molecule has 2 heterocycles. The molecule has 0 radical (unpaired) electrons. The molecule has 3 aromatic rings. The number of fused-ring (bicyclic) bond motifs is 1. The topological polar surface area (TPSA) is 54.9 Å². The Morgan fingerprint density at radius 2 is 1.95 bits per heavy atom. The number of hydrogen-bond acceptors (Lipinski definition) is 3. The molecule has 0 aliphatic heterocycles. The summed E-state index contributed by atoms with van der Waals surface area (Å²) in [5.74, 6) is -0.324. The SMILES string of the molecule is O=CNc1cnc2cncc(-c3ccccc3F)c2c1. The summed E-state index contributed by atoms with van der Waals surface area (Å²) >= 11 is 0. The normalized spacial score (nSPS) is 10.4. The van der Waals surface area contributed by atoms with E-state index in [9.17, 15) is 9.18 Å². The van der Waals surface area contributed by atoms with Crippen molar-refractivity contribution in [3.63, 3.8) is 0 Å². The summed E-state index contributed by atoms with van der Waals surface area (Å²) in [7, 11) is 0. The van der Waals surface area contributed by atoms with Gasteiger partial charge in [0.15, 0.2) is 0 Å². The molecule has 1 N–H and O–H groups in total. The van der Waals surface area contributed by atoms with Gasteiger partial charge in [-0.1, -0.05) is 18.2 Å². The lowest BCUT2D eigenvalue weighted by Gasteiger charge is -2.08. The highest BCUT2D eigenvalue weighted by Gasteiger charge is 2.10. The third kappa shape index (κ3) is 2.09. The summed E-state index contributed by atoms with van der Waals surface area (Å²) in [6, 6.07) is 8.23. The minimum atomic E-state index is -0.324. The van der Waals surface area contributed by atoms with Crippen molar-refractivity contribution in [2.75, 3.05) is 5.32 Å². The molecule has 4 nitrogen and oxygen atoms in total. The molecule has 5 heteroatoms. The predicted octanol–water partition coefficient (Wildman–Crippen LogP) is 3.00. The Bertz CT molecular complexity index is 789. The van der Waals surface area contributed by atoms with E-state index in [1.54, 1.807) is 36.7 Å². The molecule has 0 spiro atoms. The van der Waals surface area contributed by atoms with Crippen LogP contribution >= 0.6 is 0 Å². The van der Waals surface area contributed by atoms with Crippen LogP contribution in [0.15, 0.2) is 48.9 Å². The first-order valence-electron chi connectivity index (χ1n) is 5.98. The molecule has 0 atom stereocenters. The smallest absolute Gasteiger partial charge is 0.211 e. The van der Waals surface area contributed by atoms with Crippen molar-refractivity contribution in [3.05, 3.63) is 54.7 Å². The second kappa shape index (κ2) is 5.05. The fourth-order valence-electron chi connectivity index (χ4n) is 2.09. The molecule has 1 aromatic carbocycles. The molecule has 0 unspecified atom stereocenters. The fourth-order valence-corrected chi connectivity index (χ4v) is 2.09. The van der Waals surface area contributed by atoms with Crippen molar-refractivity contribution >= 4 is 23.0 Å². The van der Waals surface area contributed by atoms with Crippen LogP contribution in [0.2, 0.25) is 0 Å². The first-order chi connectivity index (χ1) is 9.79. The van der Waals surface area contributed by atoms with Crippen molar-refractivity contribution in [2.24, 2.45) is 0 Å². The summed E-state index contributed by atoms with van der Waals surface area (Å²) in [5, 5.41) is 3.27. The van der Waals surface area contributed by atoms with Gasteiger partial charge in [0, 0.05) is 22.7 Å². The second-order valence-electron chi connectivity index (χ2n) is 4.22. The van der Waals surface area contributed by atoms with Crippen molar-refractivity contribution in [1.29, 1.82) is 0 Å². The van der Waals surface area contributed by atoms with Gasteiger partial charge in [0.05, 0.1) is 23.6 Å². The number of carbonyl (C=O) groups excluding carboxylic acids is 1. The van der Waals surface area contributed by atoms with E-state index in [0.29, 0.717) is 28.7 Å². The van der Waals surface area contributed by atoms with Gasteiger partial charge in [-0.05, 0) is 12.1 Å². The van der Waals surface area contributed by atoms with Crippen LogP contribution in [0.25, 0.3) is 22.0 Å². The summed E-state index contributed by atoms with van der Waals surface area (Å²) in [6.07, 6.45) is 5.30. The number of rotatable bonds is 3.